The van der Waals surface area contributed by atoms with E-state index in [2.05, 4.69) is 6.92 Å². The van der Waals surface area contributed by atoms with Crippen molar-refractivity contribution in [2.24, 2.45) is 0 Å². The maximum atomic E-state index is 10.7. The summed E-state index contributed by atoms with van der Waals surface area (Å²) in [5, 5.41) is 20.2. The molecule has 0 rings (SSSR count). The van der Waals surface area contributed by atoms with Gasteiger partial charge < -0.3 is 15.0 Å². The van der Waals surface area contributed by atoms with Crippen molar-refractivity contribution in [3.05, 3.63) is 0 Å². The summed E-state index contributed by atoms with van der Waals surface area (Å²) in [6.45, 7) is 3.59. The number of rotatable bonds is 18. The standard InChI is InChI=1S/C21H42O3.Na/c1-3-4-5-6-7-8-9-10-11-12-13-14-15-16-17-18-19-21(2,24)20(22)23;/h24H,3-19H2,1-2H3,(H,22,23);/q;+1/p-1. The number of hydrogen-bond acceptors (Lipinski definition) is 3. The summed E-state index contributed by atoms with van der Waals surface area (Å²) in [4.78, 5) is 10.7. The van der Waals surface area contributed by atoms with Crippen LogP contribution in [0.1, 0.15) is 123 Å². The Morgan fingerprint density at radius 3 is 1.28 bits per heavy atom. The molecule has 0 aliphatic rings. The van der Waals surface area contributed by atoms with Gasteiger partial charge in [0.15, 0.2) is 0 Å². The number of carbonyl (C=O) groups is 1. The minimum Gasteiger partial charge on any atom is -0.547 e. The van der Waals surface area contributed by atoms with Gasteiger partial charge in [-0.3, -0.25) is 0 Å². The van der Waals surface area contributed by atoms with Gasteiger partial charge in [-0.05, 0) is 13.3 Å². The van der Waals surface area contributed by atoms with Gasteiger partial charge in [0.05, 0.1) is 5.97 Å². The first-order valence-electron chi connectivity index (χ1n) is 10.4. The van der Waals surface area contributed by atoms with Gasteiger partial charge in [0.1, 0.15) is 5.60 Å². The van der Waals surface area contributed by atoms with Crippen molar-refractivity contribution < 1.29 is 44.6 Å². The number of aliphatic carboxylic acids is 1. The fourth-order valence-corrected chi connectivity index (χ4v) is 3.12. The molecule has 0 amide bonds. The number of hydrogen-bond donors (Lipinski definition) is 1. The van der Waals surface area contributed by atoms with E-state index in [1.165, 1.54) is 90.4 Å². The molecule has 0 aromatic rings. The van der Waals surface area contributed by atoms with Gasteiger partial charge in [0.2, 0.25) is 0 Å². The summed E-state index contributed by atoms with van der Waals surface area (Å²) < 4.78 is 0. The average Bonchev–Trinajstić information content (AvgIpc) is 2.54. The Morgan fingerprint density at radius 1 is 0.720 bits per heavy atom. The van der Waals surface area contributed by atoms with Gasteiger partial charge >= 0.3 is 29.6 Å². The van der Waals surface area contributed by atoms with Crippen LogP contribution in [0.2, 0.25) is 0 Å². The normalized spacial score (nSPS) is 13.2. The molecule has 0 heterocycles. The van der Waals surface area contributed by atoms with Crippen LogP contribution in [0.5, 0.6) is 0 Å². The molecule has 4 heteroatoms. The molecule has 1 N–H and O–H groups in total. The van der Waals surface area contributed by atoms with Gasteiger partial charge in [-0.15, -0.1) is 0 Å². The van der Waals surface area contributed by atoms with E-state index in [9.17, 15) is 15.0 Å². The number of unbranched alkanes of at least 4 members (excludes halogenated alkanes) is 15. The zero-order valence-electron chi connectivity index (χ0n) is 17.3. The van der Waals surface area contributed by atoms with Crippen molar-refractivity contribution in [2.75, 3.05) is 0 Å². The molecule has 0 saturated carbocycles. The number of carboxylic acids is 1. The molecule has 1 atom stereocenters. The van der Waals surface area contributed by atoms with Crippen LogP contribution in [0.15, 0.2) is 0 Å². The molecule has 0 bridgehead atoms. The van der Waals surface area contributed by atoms with Crippen molar-refractivity contribution in [1.82, 2.24) is 0 Å². The smallest absolute Gasteiger partial charge is 0.547 e. The van der Waals surface area contributed by atoms with Crippen molar-refractivity contribution >= 4 is 5.97 Å². The van der Waals surface area contributed by atoms with E-state index < -0.39 is 11.6 Å². The molecule has 144 valence electrons. The predicted octanol–water partition coefficient (Wildman–Crippen LogP) is 2.14. The second-order valence-electron chi connectivity index (χ2n) is 7.61. The largest absolute Gasteiger partial charge is 1.00 e. The second-order valence-corrected chi connectivity index (χ2v) is 7.61. The molecule has 25 heavy (non-hydrogen) atoms. The Bertz CT molecular complexity index is 293. The summed E-state index contributed by atoms with van der Waals surface area (Å²) in [5.41, 5.74) is -1.66. The topological polar surface area (TPSA) is 60.4 Å². The summed E-state index contributed by atoms with van der Waals surface area (Å²) >= 11 is 0. The fraction of sp³-hybridized carbons (Fsp3) is 0.952. The van der Waals surface area contributed by atoms with Gasteiger partial charge in [-0.25, -0.2) is 0 Å². The molecule has 0 fully saturated rings. The van der Waals surface area contributed by atoms with Crippen molar-refractivity contribution in [1.29, 1.82) is 0 Å². The Balaban J connectivity index is 0. The molecule has 3 nitrogen and oxygen atoms in total. The molecule has 1 unspecified atom stereocenters. The first-order valence-corrected chi connectivity index (χ1v) is 10.4. The van der Waals surface area contributed by atoms with Crippen molar-refractivity contribution in [3.8, 4) is 0 Å². The van der Waals surface area contributed by atoms with E-state index >= 15 is 0 Å². The Morgan fingerprint density at radius 2 is 1.00 bits per heavy atom. The van der Waals surface area contributed by atoms with E-state index in [1.807, 2.05) is 0 Å². The predicted molar refractivity (Wildman–Crippen MR) is 99.8 cm³/mol. The number of carboxylic acid groups (broad SMARTS) is 1. The number of carbonyl (C=O) groups excluding carboxylic acids is 1. The summed E-state index contributed by atoms with van der Waals surface area (Å²) in [6, 6.07) is 0. The van der Waals surface area contributed by atoms with Crippen molar-refractivity contribution in [3.63, 3.8) is 0 Å². The zero-order chi connectivity index (χ0) is 18.1. The fourth-order valence-electron chi connectivity index (χ4n) is 3.12. The van der Waals surface area contributed by atoms with E-state index in [1.54, 1.807) is 0 Å². The molecule has 0 aliphatic heterocycles. The molecule has 0 aromatic heterocycles. The zero-order valence-corrected chi connectivity index (χ0v) is 19.3. The summed E-state index contributed by atoms with van der Waals surface area (Å²) in [5.74, 6) is -1.36. The monoisotopic (exact) mass is 364 g/mol. The van der Waals surface area contributed by atoms with Crippen molar-refractivity contribution in [2.45, 2.75) is 129 Å². The summed E-state index contributed by atoms with van der Waals surface area (Å²) in [7, 11) is 0. The molecule has 0 saturated heterocycles. The quantitative estimate of drug-likeness (QED) is 0.299. The molecule has 0 radical (unpaired) electrons. The van der Waals surface area contributed by atoms with Gasteiger partial charge in [-0.1, -0.05) is 110 Å². The van der Waals surface area contributed by atoms with Gasteiger partial charge in [-0.2, -0.15) is 0 Å². The van der Waals surface area contributed by atoms with Crippen LogP contribution in [-0.4, -0.2) is 16.7 Å². The van der Waals surface area contributed by atoms with E-state index in [-0.39, 0.29) is 29.6 Å². The Labute approximate surface area is 178 Å². The van der Waals surface area contributed by atoms with Crippen LogP contribution >= 0.6 is 0 Å². The van der Waals surface area contributed by atoms with Crippen LogP contribution in [-0.2, 0) is 4.79 Å². The first kappa shape index (κ1) is 27.6. The van der Waals surface area contributed by atoms with E-state index in [4.69, 9.17) is 0 Å². The minimum absolute atomic E-state index is 0. The average molecular weight is 365 g/mol. The number of aliphatic hydroxyl groups is 1. The van der Waals surface area contributed by atoms with Crippen LogP contribution in [0.4, 0.5) is 0 Å². The maximum Gasteiger partial charge on any atom is 1.00 e. The van der Waals surface area contributed by atoms with Gasteiger partial charge in [0.25, 0.3) is 0 Å². The third-order valence-corrected chi connectivity index (χ3v) is 4.96. The van der Waals surface area contributed by atoms with Crippen LogP contribution in [0, 0.1) is 0 Å². The third-order valence-electron chi connectivity index (χ3n) is 4.96. The van der Waals surface area contributed by atoms with E-state index in [0.29, 0.717) is 6.42 Å². The Hall–Kier alpha value is 0.430. The Kier molecular flexibility index (Phi) is 21.2. The van der Waals surface area contributed by atoms with Crippen LogP contribution in [0.25, 0.3) is 0 Å². The van der Waals surface area contributed by atoms with E-state index in [0.717, 1.165) is 19.3 Å². The van der Waals surface area contributed by atoms with Crippen LogP contribution < -0.4 is 34.7 Å². The van der Waals surface area contributed by atoms with Crippen LogP contribution in [0.3, 0.4) is 0 Å². The molecular weight excluding hydrogens is 323 g/mol. The maximum absolute atomic E-state index is 10.7. The summed E-state index contributed by atoms with van der Waals surface area (Å²) in [6.07, 6.45) is 21.0. The van der Waals surface area contributed by atoms with Gasteiger partial charge in [0, 0.05) is 0 Å². The third kappa shape index (κ3) is 19.0. The minimum atomic E-state index is -1.66. The first-order chi connectivity index (χ1) is 11.5. The second kappa shape index (κ2) is 19.2. The molecular formula is C21H41NaO3. The SMILES string of the molecule is CCCCCCCCCCCCCCCCCCC(C)(O)C(=O)[O-].[Na+]. The molecule has 0 aliphatic carbocycles. The molecule has 0 aromatic carbocycles. The molecule has 0 spiro atoms.